The molecule has 0 bridgehead atoms. The molecule has 14 heavy (non-hydrogen) atoms. The number of hydrogen-bond donors (Lipinski definition) is 1. The van der Waals surface area contributed by atoms with Crippen LogP contribution in [0.15, 0.2) is 18.5 Å². The number of rotatable bonds is 5. The van der Waals surface area contributed by atoms with Gasteiger partial charge < -0.3 is 10.5 Å². The van der Waals surface area contributed by atoms with Crippen molar-refractivity contribution in [1.82, 2.24) is 4.98 Å². The molecule has 1 aromatic heterocycles. The van der Waals surface area contributed by atoms with Crippen LogP contribution >= 0.6 is 0 Å². The lowest BCUT2D eigenvalue weighted by atomic mass is 10.0. The summed E-state index contributed by atoms with van der Waals surface area (Å²) in [5.41, 5.74) is 6.78. The number of aromatic nitrogens is 1. The van der Waals surface area contributed by atoms with Crippen molar-refractivity contribution in [2.75, 3.05) is 13.2 Å². The monoisotopic (exact) mass is 194 g/mol. The molecule has 1 heterocycles. The normalized spacial score (nSPS) is 12.5. The first-order valence-corrected chi connectivity index (χ1v) is 5.03. The second-order valence-corrected chi connectivity index (χ2v) is 3.46. The van der Waals surface area contributed by atoms with Crippen LogP contribution in [0.25, 0.3) is 0 Å². The van der Waals surface area contributed by atoms with Gasteiger partial charge in [-0.1, -0.05) is 6.92 Å². The van der Waals surface area contributed by atoms with Gasteiger partial charge >= 0.3 is 0 Å². The molecule has 0 fully saturated rings. The molecular weight excluding hydrogens is 176 g/mol. The fraction of sp³-hybridized carbons (Fsp3) is 0.545. The predicted molar refractivity (Wildman–Crippen MR) is 57.3 cm³/mol. The molecule has 78 valence electrons. The molecule has 0 amide bonds. The minimum atomic E-state index is 0.483. The average Bonchev–Trinajstić information content (AvgIpc) is 2.21. The average molecular weight is 194 g/mol. The van der Waals surface area contributed by atoms with Gasteiger partial charge in [-0.25, -0.2) is 0 Å². The molecule has 1 atom stereocenters. The summed E-state index contributed by atoms with van der Waals surface area (Å²) in [6.07, 6.45) is 4.51. The summed E-state index contributed by atoms with van der Waals surface area (Å²) in [4.78, 5) is 4.04. The summed E-state index contributed by atoms with van der Waals surface area (Å²) in [5.74, 6) is 1.37. The molecule has 0 aromatic carbocycles. The van der Waals surface area contributed by atoms with E-state index in [2.05, 4.69) is 11.9 Å². The third kappa shape index (κ3) is 3.00. The first-order valence-electron chi connectivity index (χ1n) is 5.03. The summed E-state index contributed by atoms with van der Waals surface area (Å²) in [7, 11) is 0. The Balaban J connectivity index is 2.73. The Labute approximate surface area is 85.3 Å². The standard InChI is InChI=1S/C11H18N2O/c1-3-14-11-8-13-5-4-10(11)6-9(2)7-12/h4-5,8-9H,3,6-7,12H2,1-2H3. The van der Waals surface area contributed by atoms with Gasteiger partial charge in [0.05, 0.1) is 12.8 Å². The minimum Gasteiger partial charge on any atom is -0.492 e. The second kappa shape index (κ2) is 5.60. The molecule has 1 unspecified atom stereocenters. The van der Waals surface area contributed by atoms with E-state index in [0.29, 0.717) is 19.1 Å². The molecule has 0 spiro atoms. The predicted octanol–water partition coefficient (Wildman–Crippen LogP) is 1.62. The zero-order valence-corrected chi connectivity index (χ0v) is 8.86. The summed E-state index contributed by atoms with van der Waals surface area (Å²) < 4.78 is 5.48. The first kappa shape index (κ1) is 11.0. The molecule has 0 radical (unpaired) electrons. The Bertz CT molecular complexity index is 276. The topological polar surface area (TPSA) is 48.1 Å². The van der Waals surface area contributed by atoms with Gasteiger partial charge in [0.1, 0.15) is 5.75 Å². The lowest BCUT2D eigenvalue weighted by molar-refractivity contribution is 0.333. The highest BCUT2D eigenvalue weighted by Gasteiger charge is 2.06. The highest BCUT2D eigenvalue weighted by Crippen LogP contribution is 2.19. The smallest absolute Gasteiger partial charge is 0.140 e. The molecule has 2 N–H and O–H groups in total. The molecule has 0 aliphatic rings. The highest BCUT2D eigenvalue weighted by atomic mass is 16.5. The van der Waals surface area contributed by atoms with E-state index in [9.17, 15) is 0 Å². The Morgan fingerprint density at radius 3 is 3.00 bits per heavy atom. The summed E-state index contributed by atoms with van der Waals surface area (Å²) >= 11 is 0. The highest BCUT2D eigenvalue weighted by molar-refractivity contribution is 5.30. The zero-order chi connectivity index (χ0) is 10.4. The van der Waals surface area contributed by atoms with Crippen LogP contribution in [0.5, 0.6) is 5.75 Å². The first-order chi connectivity index (χ1) is 6.77. The van der Waals surface area contributed by atoms with Crippen LogP contribution in [-0.4, -0.2) is 18.1 Å². The largest absolute Gasteiger partial charge is 0.492 e. The van der Waals surface area contributed by atoms with Crippen LogP contribution in [-0.2, 0) is 6.42 Å². The van der Waals surface area contributed by atoms with E-state index in [0.717, 1.165) is 12.2 Å². The van der Waals surface area contributed by atoms with Crippen molar-refractivity contribution in [2.45, 2.75) is 20.3 Å². The molecule has 3 heteroatoms. The maximum absolute atomic E-state index is 5.59. The molecule has 0 saturated carbocycles. The summed E-state index contributed by atoms with van der Waals surface area (Å²) in [6, 6.07) is 2.00. The van der Waals surface area contributed by atoms with Crippen LogP contribution in [0.1, 0.15) is 19.4 Å². The van der Waals surface area contributed by atoms with E-state index in [1.54, 1.807) is 12.4 Å². The Morgan fingerprint density at radius 2 is 2.36 bits per heavy atom. The van der Waals surface area contributed by atoms with Gasteiger partial charge in [-0.3, -0.25) is 4.98 Å². The Morgan fingerprint density at radius 1 is 1.57 bits per heavy atom. The van der Waals surface area contributed by atoms with E-state index < -0.39 is 0 Å². The van der Waals surface area contributed by atoms with Gasteiger partial charge in [0.15, 0.2) is 0 Å². The van der Waals surface area contributed by atoms with Crippen molar-refractivity contribution in [1.29, 1.82) is 0 Å². The summed E-state index contributed by atoms with van der Waals surface area (Å²) in [5, 5.41) is 0. The van der Waals surface area contributed by atoms with Crippen LogP contribution in [0.3, 0.4) is 0 Å². The molecular formula is C11H18N2O. The lowest BCUT2D eigenvalue weighted by Crippen LogP contribution is -2.13. The van der Waals surface area contributed by atoms with Gasteiger partial charge in [0, 0.05) is 6.20 Å². The van der Waals surface area contributed by atoms with Gasteiger partial charge in [0.2, 0.25) is 0 Å². The molecule has 0 saturated heterocycles. The van der Waals surface area contributed by atoms with E-state index in [4.69, 9.17) is 10.5 Å². The van der Waals surface area contributed by atoms with Gasteiger partial charge in [-0.15, -0.1) is 0 Å². The number of hydrogen-bond acceptors (Lipinski definition) is 3. The van der Waals surface area contributed by atoms with Gasteiger partial charge in [-0.2, -0.15) is 0 Å². The fourth-order valence-electron chi connectivity index (χ4n) is 1.32. The van der Waals surface area contributed by atoms with Crippen LogP contribution in [0.2, 0.25) is 0 Å². The van der Waals surface area contributed by atoms with Crippen molar-refractivity contribution in [3.8, 4) is 5.75 Å². The fourth-order valence-corrected chi connectivity index (χ4v) is 1.32. The third-order valence-electron chi connectivity index (χ3n) is 2.14. The Kier molecular flexibility index (Phi) is 4.40. The second-order valence-electron chi connectivity index (χ2n) is 3.46. The minimum absolute atomic E-state index is 0.483. The van der Waals surface area contributed by atoms with Crippen molar-refractivity contribution < 1.29 is 4.74 Å². The lowest BCUT2D eigenvalue weighted by Gasteiger charge is -2.12. The number of nitrogens with two attached hydrogens (primary N) is 1. The van der Waals surface area contributed by atoms with Gasteiger partial charge in [0.25, 0.3) is 0 Å². The molecule has 0 aliphatic heterocycles. The van der Waals surface area contributed by atoms with Crippen LogP contribution in [0, 0.1) is 5.92 Å². The maximum Gasteiger partial charge on any atom is 0.140 e. The SMILES string of the molecule is CCOc1cnccc1CC(C)CN. The Hall–Kier alpha value is -1.09. The number of nitrogens with zero attached hydrogens (tertiary/aromatic N) is 1. The zero-order valence-electron chi connectivity index (χ0n) is 8.86. The quantitative estimate of drug-likeness (QED) is 0.774. The molecule has 3 nitrogen and oxygen atoms in total. The molecule has 1 rings (SSSR count). The van der Waals surface area contributed by atoms with E-state index in [1.807, 2.05) is 13.0 Å². The number of ether oxygens (including phenoxy) is 1. The third-order valence-corrected chi connectivity index (χ3v) is 2.14. The van der Waals surface area contributed by atoms with E-state index >= 15 is 0 Å². The van der Waals surface area contributed by atoms with Crippen molar-refractivity contribution in [3.63, 3.8) is 0 Å². The van der Waals surface area contributed by atoms with E-state index in [1.165, 1.54) is 5.56 Å². The molecule has 1 aromatic rings. The van der Waals surface area contributed by atoms with E-state index in [-0.39, 0.29) is 0 Å². The van der Waals surface area contributed by atoms with Crippen LogP contribution < -0.4 is 10.5 Å². The van der Waals surface area contributed by atoms with Crippen molar-refractivity contribution in [3.05, 3.63) is 24.0 Å². The number of pyridine rings is 1. The van der Waals surface area contributed by atoms with Crippen LogP contribution in [0.4, 0.5) is 0 Å². The summed E-state index contributed by atoms with van der Waals surface area (Å²) in [6.45, 7) is 5.49. The van der Waals surface area contributed by atoms with Gasteiger partial charge in [-0.05, 0) is 37.4 Å². The van der Waals surface area contributed by atoms with Crippen molar-refractivity contribution >= 4 is 0 Å². The molecule has 0 aliphatic carbocycles. The maximum atomic E-state index is 5.59. The van der Waals surface area contributed by atoms with Crippen molar-refractivity contribution in [2.24, 2.45) is 11.7 Å².